The second-order valence-electron chi connectivity index (χ2n) is 4.36. The summed E-state index contributed by atoms with van der Waals surface area (Å²) in [6.07, 6.45) is 0. The number of H-pyrrole nitrogens is 1. The topological polar surface area (TPSA) is 71.8 Å². The van der Waals surface area contributed by atoms with E-state index in [0.717, 1.165) is 21.6 Å². The number of hydrogen-bond acceptors (Lipinski definition) is 4. The molecule has 0 aliphatic carbocycles. The highest BCUT2D eigenvalue weighted by atomic mass is 32.2. The lowest BCUT2D eigenvalue weighted by Crippen LogP contribution is -2.14. The molecule has 20 heavy (non-hydrogen) atoms. The molecule has 0 radical (unpaired) electrons. The molecule has 0 aliphatic rings. The number of benzene rings is 2. The summed E-state index contributed by atoms with van der Waals surface area (Å²) in [6, 6.07) is 15.1. The number of nitrogen functional groups attached to an aromatic ring is 1. The Balaban J connectivity index is 1.89. The van der Waals surface area contributed by atoms with E-state index in [9.17, 15) is 4.79 Å². The van der Waals surface area contributed by atoms with Gasteiger partial charge in [-0.05, 0) is 24.3 Å². The van der Waals surface area contributed by atoms with Crippen molar-refractivity contribution in [3.63, 3.8) is 0 Å². The van der Waals surface area contributed by atoms with E-state index in [-0.39, 0.29) is 5.56 Å². The fourth-order valence-electron chi connectivity index (χ4n) is 1.92. The number of hydrogen-bond donors (Lipinski definition) is 2. The molecular weight excluding hydrogens is 270 g/mol. The monoisotopic (exact) mass is 283 g/mol. The van der Waals surface area contributed by atoms with Crippen molar-refractivity contribution in [1.82, 2.24) is 9.97 Å². The zero-order chi connectivity index (χ0) is 13.9. The molecule has 3 aromatic rings. The first-order valence-corrected chi connectivity index (χ1v) is 7.18. The average molecular weight is 283 g/mol. The molecule has 1 heterocycles. The van der Waals surface area contributed by atoms with Gasteiger partial charge in [-0.3, -0.25) is 4.79 Å². The highest BCUT2D eigenvalue weighted by molar-refractivity contribution is 7.98. The van der Waals surface area contributed by atoms with Gasteiger partial charge >= 0.3 is 0 Å². The molecule has 3 N–H and O–H groups in total. The van der Waals surface area contributed by atoms with Crippen molar-refractivity contribution in [3.8, 4) is 0 Å². The number of nitrogens with two attached hydrogens (primary N) is 1. The molecule has 100 valence electrons. The van der Waals surface area contributed by atoms with Gasteiger partial charge in [-0.2, -0.15) is 0 Å². The Morgan fingerprint density at radius 1 is 1.10 bits per heavy atom. The van der Waals surface area contributed by atoms with E-state index in [4.69, 9.17) is 5.73 Å². The van der Waals surface area contributed by atoms with Crippen LogP contribution in [-0.4, -0.2) is 9.97 Å². The fraction of sp³-hybridized carbons (Fsp3) is 0.0667. The van der Waals surface area contributed by atoms with E-state index in [0.29, 0.717) is 11.4 Å². The summed E-state index contributed by atoms with van der Waals surface area (Å²) in [5.74, 6) is 0.494. The molecular formula is C15H13N3OS. The van der Waals surface area contributed by atoms with Crippen molar-refractivity contribution in [2.45, 2.75) is 10.6 Å². The predicted molar refractivity (Wildman–Crippen MR) is 82.8 cm³/mol. The van der Waals surface area contributed by atoms with Crippen LogP contribution in [0.5, 0.6) is 0 Å². The minimum Gasteiger partial charge on any atom is -0.398 e. The Labute approximate surface area is 120 Å². The molecule has 0 amide bonds. The Bertz CT molecular complexity index is 813. The number of nitrogens with one attached hydrogen (secondary N) is 1. The molecule has 4 nitrogen and oxygen atoms in total. The number of fused-ring (bicyclic) bond motifs is 1. The van der Waals surface area contributed by atoms with E-state index >= 15 is 0 Å². The van der Waals surface area contributed by atoms with Crippen LogP contribution in [0.4, 0.5) is 5.69 Å². The van der Waals surface area contributed by atoms with E-state index in [1.165, 1.54) is 11.8 Å². The molecule has 0 bridgehead atoms. The summed E-state index contributed by atoms with van der Waals surface area (Å²) in [7, 11) is 0. The third-order valence-corrected chi connectivity index (χ3v) is 4.05. The second-order valence-corrected chi connectivity index (χ2v) is 5.37. The number of aromatic amines is 1. The zero-order valence-electron chi connectivity index (χ0n) is 10.7. The molecule has 0 atom stereocenters. The highest BCUT2D eigenvalue weighted by Crippen LogP contribution is 2.26. The van der Waals surface area contributed by atoms with Crippen molar-refractivity contribution in [1.29, 1.82) is 0 Å². The van der Waals surface area contributed by atoms with Crippen molar-refractivity contribution in [2.24, 2.45) is 0 Å². The lowest BCUT2D eigenvalue weighted by molar-refractivity contribution is 1.10. The molecule has 0 saturated heterocycles. The smallest absolute Gasteiger partial charge is 0.271 e. The summed E-state index contributed by atoms with van der Waals surface area (Å²) in [6.45, 7) is 0. The van der Waals surface area contributed by atoms with Crippen LogP contribution in [0.15, 0.2) is 58.2 Å². The Hall–Kier alpha value is -2.27. The van der Waals surface area contributed by atoms with Crippen LogP contribution in [0, 0.1) is 0 Å². The van der Waals surface area contributed by atoms with Crippen LogP contribution in [0.1, 0.15) is 5.69 Å². The molecule has 0 spiro atoms. The highest BCUT2D eigenvalue weighted by Gasteiger charge is 2.06. The third-order valence-electron chi connectivity index (χ3n) is 2.95. The van der Waals surface area contributed by atoms with Gasteiger partial charge in [0.1, 0.15) is 5.69 Å². The van der Waals surface area contributed by atoms with Crippen LogP contribution in [0.3, 0.4) is 0 Å². The normalized spacial score (nSPS) is 10.8. The van der Waals surface area contributed by atoms with Gasteiger partial charge in [0.15, 0.2) is 0 Å². The maximum Gasteiger partial charge on any atom is 0.271 e. The van der Waals surface area contributed by atoms with Gasteiger partial charge in [0.05, 0.1) is 11.0 Å². The van der Waals surface area contributed by atoms with Crippen molar-refractivity contribution >= 4 is 28.5 Å². The standard InChI is InChI=1S/C15H13N3OS/c16-10-5-1-4-8-14(10)20-9-13-15(19)18-12-7-3-2-6-11(12)17-13/h1-8H,9,16H2,(H,18,19). The quantitative estimate of drug-likeness (QED) is 0.572. The van der Waals surface area contributed by atoms with E-state index < -0.39 is 0 Å². The van der Waals surface area contributed by atoms with Crippen LogP contribution < -0.4 is 11.3 Å². The molecule has 3 rings (SSSR count). The zero-order valence-corrected chi connectivity index (χ0v) is 11.5. The Morgan fingerprint density at radius 3 is 2.70 bits per heavy atom. The first kappa shape index (κ1) is 12.7. The first-order chi connectivity index (χ1) is 9.74. The van der Waals surface area contributed by atoms with Gasteiger partial charge in [0, 0.05) is 16.3 Å². The van der Waals surface area contributed by atoms with E-state index in [2.05, 4.69) is 9.97 Å². The summed E-state index contributed by atoms with van der Waals surface area (Å²) < 4.78 is 0. The first-order valence-electron chi connectivity index (χ1n) is 6.19. The average Bonchev–Trinajstić information content (AvgIpc) is 2.46. The summed E-state index contributed by atoms with van der Waals surface area (Å²) in [4.78, 5) is 20.2. The molecule has 0 saturated carbocycles. The summed E-state index contributed by atoms with van der Waals surface area (Å²) >= 11 is 1.52. The minimum absolute atomic E-state index is 0.147. The molecule has 0 unspecified atom stereocenters. The van der Waals surface area contributed by atoms with Gasteiger partial charge in [0.25, 0.3) is 5.56 Å². The van der Waals surface area contributed by atoms with Crippen molar-refractivity contribution in [3.05, 3.63) is 64.6 Å². The number of rotatable bonds is 3. The largest absolute Gasteiger partial charge is 0.398 e. The van der Waals surface area contributed by atoms with Gasteiger partial charge in [-0.15, -0.1) is 11.8 Å². The predicted octanol–water partition coefficient (Wildman–Crippen LogP) is 2.80. The fourth-order valence-corrected chi connectivity index (χ4v) is 2.82. The minimum atomic E-state index is -0.147. The lowest BCUT2D eigenvalue weighted by atomic mass is 10.3. The second kappa shape index (κ2) is 5.38. The SMILES string of the molecule is Nc1ccccc1SCc1nc2ccccc2[nH]c1=O. The van der Waals surface area contributed by atoms with Crippen LogP contribution in [0.2, 0.25) is 0 Å². The number of anilines is 1. The van der Waals surface area contributed by atoms with Crippen molar-refractivity contribution in [2.75, 3.05) is 5.73 Å². The van der Waals surface area contributed by atoms with E-state index in [1.54, 1.807) is 0 Å². The number of aromatic nitrogens is 2. The molecule has 0 fully saturated rings. The molecule has 1 aromatic heterocycles. The lowest BCUT2D eigenvalue weighted by Gasteiger charge is -2.05. The third kappa shape index (κ3) is 2.53. The van der Waals surface area contributed by atoms with Gasteiger partial charge in [0.2, 0.25) is 0 Å². The van der Waals surface area contributed by atoms with Gasteiger partial charge in [-0.25, -0.2) is 4.98 Å². The Kier molecular flexibility index (Phi) is 3.43. The van der Waals surface area contributed by atoms with Gasteiger partial charge < -0.3 is 10.7 Å². The maximum absolute atomic E-state index is 12.0. The van der Waals surface area contributed by atoms with E-state index in [1.807, 2.05) is 48.5 Å². The molecule has 0 aliphatic heterocycles. The Morgan fingerprint density at radius 2 is 1.85 bits per heavy atom. The summed E-state index contributed by atoms with van der Waals surface area (Å²) in [5.41, 5.74) is 8.52. The molecule has 2 aromatic carbocycles. The molecule has 5 heteroatoms. The van der Waals surface area contributed by atoms with Crippen LogP contribution in [0.25, 0.3) is 11.0 Å². The van der Waals surface area contributed by atoms with Crippen LogP contribution in [-0.2, 0) is 5.75 Å². The number of thioether (sulfide) groups is 1. The van der Waals surface area contributed by atoms with Crippen LogP contribution >= 0.6 is 11.8 Å². The summed E-state index contributed by atoms with van der Waals surface area (Å²) in [5, 5.41) is 0. The van der Waals surface area contributed by atoms with Gasteiger partial charge in [-0.1, -0.05) is 24.3 Å². The number of nitrogens with zero attached hydrogens (tertiary/aromatic N) is 1. The van der Waals surface area contributed by atoms with Crippen molar-refractivity contribution < 1.29 is 0 Å². The maximum atomic E-state index is 12.0. The number of para-hydroxylation sites is 3.